The smallest absolute Gasteiger partial charge is 0.328 e. The molecule has 0 spiro atoms. The third-order valence-corrected chi connectivity index (χ3v) is 3.92. The van der Waals surface area contributed by atoms with E-state index in [1.54, 1.807) is 6.08 Å². The van der Waals surface area contributed by atoms with Crippen LogP contribution in [0, 0.1) is 0 Å². The summed E-state index contributed by atoms with van der Waals surface area (Å²) in [5, 5.41) is 9.20. The van der Waals surface area contributed by atoms with Crippen LogP contribution in [-0.4, -0.2) is 53.8 Å². The van der Waals surface area contributed by atoms with Crippen molar-refractivity contribution < 1.29 is 24.2 Å². The van der Waals surface area contributed by atoms with Crippen LogP contribution in [-0.2, 0) is 14.3 Å². The molecule has 130 valence electrons. The molecule has 1 aliphatic rings. The summed E-state index contributed by atoms with van der Waals surface area (Å²) in [4.78, 5) is 24.9. The minimum absolute atomic E-state index is 0.0165. The van der Waals surface area contributed by atoms with Crippen LogP contribution in [0.15, 0.2) is 30.3 Å². The van der Waals surface area contributed by atoms with E-state index in [-0.39, 0.29) is 25.2 Å². The SMILES string of the molecule is CCC(C)Oc1ccccc1C=CC(=O)N1CCOCC1C(=O)O. The number of hydrogen-bond donors (Lipinski definition) is 1. The summed E-state index contributed by atoms with van der Waals surface area (Å²) in [5.74, 6) is -0.700. The van der Waals surface area contributed by atoms with Gasteiger partial charge >= 0.3 is 5.97 Å². The number of carboxylic acids is 1. The van der Waals surface area contributed by atoms with Crippen molar-refractivity contribution in [3.05, 3.63) is 35.9 Å². The van der Waals surface area contributed by atoms with Gasteiger partial charge in [0.2, 0.25) is 5.91 Å². The van der Waals surface area contributed by atoms with Gasteiger partial charge in [0, 0.05) is 18.2 Å². The van der Waals surface area contributed by atoms with Gasteiger partial charge in [-0.15, -0.1) is 0 Å². The summed E-state index contributed by atoms with van der Waals surface area (Å²) < 4.78 is 11.0. The van der Waals surface area contributed by atoms with Gasteiger partial charge in [-0.2, -0.15) is 0 Å². The molecule has 6 nitrogen and oxygen atoms in total. The monoisotopic (exact) mass is 333 g/mol. The average molecular weight is 333 g/mol. The maximum Gasteiger partial charge on any atom is 0.328 e. The number of amides is 1. The van der Waals surface area contributed by atoms with E-state index < -0.39 is 12.0 Å². The van der Waals surface area contributed by atoms with Crippen molar-refractivity contribution >= 4 is 18.0 Å². The predicted molar refractivity (Wildman–Crippen MR) is 89.8 cm³/mol. The van der Waals surface area contributed by atoms with Gasteiger partial charge in [0.1, 0.15) is 5.75 Å². The number of rotatable bonds is 6. The number of carbonyl (C=O) groups excluding carboxylic acids is 1. The van der Waals surface area contributed by atoms with Crippen molar-refractivity contribution in [3.63, 3.8) is 0 Å². The molecule has 0 bridgehead atoms. The first-order chi connectivity index (χ1) is 11.5. The van der Waals surface area contributed by atoms with Crippen molar-refractivity contribution in [3.8, 4) is 5.75 Å². The fraction of sp³-hybridized carbons (Fsp3) is 0.444. The van der Waals surface area contributed by atoms with E-state index in [9.17, 15) is 14.7 Å². The molecule has 1 aliphatic heterocycles. The Labute approximate surface area is 141 Å². The van der Waals surface area contributed by atoms with Crippen LogP contribution in [0.4, 0.5) is 0 Å². The molecule has 1 aromatic carbocycles. The number of aliphatic carboxylic acids is 1. The number of carboxylic acid groups (broad SMARTS) is 1. The van der Waals surface area contributed by atoms with Crippen molar-refractivity contribution in [2.24, 2.45) is 0 Å². The first-order valence-electron chi connectivity index (χ1n) is 8.07. The van der Waals surface area contributed by atoms with Crippen molar-refractivity contribution in [2.45, 2.75) is 32.4 Å². The van der Waals surface area contributed by atoms with E-state index in [0.717, 1.165) is 12.0 Å². The second-order valence-corrected chi connectivity index (χ2v) is 5.67. The minimum Gasteiger partial charge on any atom is -0.490 e. The molecule has 2 atom stereocenters. The Hall–Kier alpha value is -2.34. The number of nitrogens with zero attached hydrogens (tertiary/aromatic N) is 1. The number of benzene rings is 1. The average Bonchev–Trinajstić information content (AvgIpc) is 2.60. The highest BCUT2D eigenvalue weighted by Crippen LogP contribution is 2.21. The normalized spacial score (nSPS) is 19.2. The molecule has 2 rings (SSSR count). The molecule has 1 aromatic rings. The highest BCUT2D eigenvalue weighted by atomic mass is 16.5. The van der Waals surface area contributed by atoms with Gasteiger partial charge in [-0.05, 0) is 25.5 Å². The zero-order valence-corrected chi connectivity index (χ0v) is 14.0. The number of morpholine rings is 1. The lowest BCUT2D eigenvalue weighted by Gasteiger charge is -2.32. The van der Waals surface area contributed by atoms with E-state index in [0.29, 0.717) is 12.4 Å². The van der Waals surface area contributed by atoms with Crippen LogP contribution in [0.2, 0.25) is 0 Å². The molecule has 0 radical (unpaired) electrons. The molecule has 1 amide bonds. The van der Waals surface area contributed by atoms with Gasteiger partial charge in [-0.3, -0.25) is 4.79 Å². The largest absolute Gasteiger partial charge is 0.490 e. The molecule has 1 saturated heterocycles. The summed E-state index contributed by atoms with van der Waals surface area (Å²) in [7, 11) is 0. The van der Waals surface area contributed by atoms with Crippen LogP contribution in [0.5, 0.6) is 5.75 Å². The molecule has 24 heavy (non-hydrogen) atoms. The Morgan fingerprint density at radius 3 is 2.92 bits per heavy atom. The van der Waals surface area contributed by atoms with Crippen molar-refractivity contribution in [1.82, 2.24) is 4.90 Å². The molecule has 2 unspecified atom stereocenters. The molecule has 0 aromatic heterocycles. The maximum atomic E-state index is 12.4. The second kappa shape index (κ2) is 8.49. The Morgan fingerprint density at radius 1 is 1.46 bits per heavy atom. The number of hydrogen-bond acceptors (Lipinski definition) is 4. The Bertz CT molecular complexity index is 613. The molecule has 1 N–H and O–H groups in total. The van der Waals surface area contributed by atoms with Crippen LogP contribution in [0.1, 0.15) is 25.8 Å². The minimum atomic E-state index is -1.06. The number of carbonyl (C=O) groups is 2. The highest BCUT2D eigenvalue weighted by molar-refractivity contribution is 5.94. The standard InChI is InChI=1S/C18H23NO5/c1-3-13(2)24-16-7-5-4-6-14(16)8-9-17(20)19-10-11-23-12-15(19)18(21)22/h4-9,13,15H,3,10-12H2,1-2H3,(H,21,22). The number of ether oxygens (including phenoxy) is 2. The molecule has 0 aliphatic carbocycles. The maximum absolute atomic E-state index is 12.4. The van der Waals surface area contributed by atoms with Crippen molar-refractivity contribution in [2.75, 3.05) is 19.8 Å². The van der Waals surface area contributed by atoms with Crippen LogP contribution in [0.3, 0.4) is 0 Å². The van der Waals surface area contributed by atoms with Crippen molar-refractivity contribution in [1.29, 1.82) is 0 Å². The van der Waals surface area contributed by atoms with E-state index in [2.05, 4.69) is 0 Å². The fourth-order valence-electron chi connectivity index (χ4n) is 2.35. The summed E-state index contributed by atoms with van der Waals surface area (Å²) in [6.45, 7) is 4.65. The molecule has 1 heterocycles. The van der Waals surface area contributed by atoms with E-state index in [1.165, 1.54) is 11.0 Å². The van der Waals surface area contributed by atoms with E-state index in [1.807, 2.05) is 38.1 Å². The van der Waals surface area contributed by atoms with E-state index in [4.69, 9.17) is 9.47 Å². The second-order valence-electron chi connectivity index (χ2n) is 5.67. The van der Waals surface area contributed by atoms with Gasteiger partial charge in [0.05, 0.1) is 19.3 Å². The van der Waals surface area contributed by atoms with Crippen LogP contribution in [0.25, 0.3) is 6.08 Å². The zero-order valence-electron chi connectivity index (χ0n) is 14.0. The van der Waals surface area contributed by atoms with E-state index >= 15 is 0 Å². The van der Waals surface area contributed by atoms with Gasteiger partial charge in [-0.1, -0.05) is 25.1 Å². The van der Waals surface area contributed by atoms with Gasteiger partial charge in [-0.25, -0.2) is 4.79 Å². The molecule has 0 saturated carbocycles. The summed E-state index contributed by atoms with van der Waals surface area (Å²) in [6, 6.07) is 6.50. The first-order valence-corrected chi connectivity index (χ1v) is 8.07. The summed E-state index contributed by atoms with van der Waals surface area (Å²) in [6.07, 6.45) is 4.00. The molecule has 6 heteroatoms. The van der Waals surface area contributed by atoms with Crippen LogP contribution < -0.4 is 4.74 Å². The highest BCUT2D eigenvalue weighted by Gasteiger charge is 2.31. The third-order valence-electron chi connectivity index (χ3n) is 3.92. The van der Waals surface area contributed by atoms with Gasteiger partial charge < -0.3 is 19.5 Å². The summed E-state index contributed by atoms with van der Waals surface area (Å²) in [5.41, 5.74) is 0.784. The quantitative estimate of drug-likeness (QED) is 0.808. The topological polar surface area (TPSA) is 76.1 Å². The molecular formula is C18H23NO5. The lowest BCUT2D eigenvalue weighted by atomic mass is 10.1. The predicted octanol–water partition coefficient (Wildman–Crippen LogP) is 2.19. The first kappa shape index (κ1) is 18.0. The lowest BCUT2D eigenvalue weighted by molar-refractivity contribution is -0.156. The Morgan fingerprint density at radius 2 is 2.21 bits per heavy atom. The zero-order chi connectivity index (χ0) is 17.5. The molecule has 1 fully saturated rings. The Balaban J connectivity index is 2.12. The number of para-hydroxylation sites is 1. The lowest BCUT2D eigenvalue weighted by Crippen LogP contribution is -2.52. The van der Waals surface area contributed by atoms with Gasteiger partial charge in [0.15, 0.2) is 6.04 Å². The third kappa shape index (κ3) is 4.58. The fourth-order valence-corrected chi connectivity index (χ4v) is 2.35. The van der Waals surface area contributed by atoms with Gasteiger partial charge in [0.25, 0.3) is 0 Å². The van der Waals surface area contributed by atoms with Crippen LogP contribution >= 0.6 is 0 Å². The molecular weight excluding hydrogens is 310 g/mol. The summed E-state index contributed by atoms with van der Waals surface area (Å²) >= 11 is 0. The Kier molecular flexibility index (Phi) is 6.37.